The molecule has 110 valence electrons. The quantitative estimate of drug-likeness (QED) is 0.893. The summed E-state index contributed by atoms with van der Waals surface area (Å²) in [6, 6.07) is 0. The van der Waals surface area contributed by atoms with Crippen LogP contribution in [0.4, 0.5) is 0 Å². The molecule has 1 amide bonds. The van der Waals surface area contributed by atoms with E-state index in [0.717, 1.165) is 15.6 Å². The van der Waals surface area contributed by atoms with E-state index in [2.05, 4.69) is 10.3 Å². The molecule has 1 aromatic rings. The van der Waals surface area contributed by atoms with E-state index in [9.17, 15) is 9.59 Å². The van der Waals surface area contributed by atoms with Gasteiger partial charge in [0, 0.05) is 4.88 Å². The number of carbonyl (C=O) groups excluding carboxylic acids is 1. The molecule has 1 aliphatic carbocycles. The Morgan fingerprint density at radius 2 is 1.90 bits per heavy atom. The molecule has 0 aliphatic heterocycles. The van der Waals surface area contributed by atoms with Crippen molar-refractivity contribution in [2.45, 2.75) is 46.1 Å². The second kappa shape index (κ2) is 5.16. The SMILES string of the molecule is Cc1nc(C(C)(C)NC(=O)C2CCC2C(=O)O)sc1C. The molecule has 0 radical (unpaired) electrons. The molecule has 0 spiro atoms. The fraction of sp³-hybridized carbons (Fsp3) is 0.643. The highest BCUT2D eigenvalue weighted by atomic mass is 32.1. The van der Waals surface area contributed by atoms with E-state index in [1.54, 1.807) is 11.3 Å². The van der Waals surface area contributed by atoms with Crippen molar-refractivity contribution in [3.05, 3.63) is 15.6 Å². The molecule has 1 heterocycles. The molecule has 5 nitrogen and oxygen atoms in total. The number of nitrogens with zero attached hydrogens (tertiary/aromatic N) is 1. The summed E-state index contributed by atoms with van der Waals surface area (Å²) >= 11 is 1.57. The number of nitrogens with one attached hydrogen (secondary N) is 1. The van der Waals surface area contributed by atoms with Crippen LogP contribution < -0.4 is 5.32 Å². The Morgan fingerprint density at radius 3 is 2.30 bits per heavy atom. The third-order valence-electron chi connectivity index (χ3n) is 3.93. The summed E-state index contributed by atoms with van der Waals surface area (Å²) in [5.74, 6) is -2.01. The zero-order chi connectivity index (χ0) is 15.1. The van der Waals surface area contributed by atoms with Gasteiger partial charge in [0.25, 0.3) is 0 Å². The highest BCUT2D eigenvalue weighted by Gasteiger charge is 2.43. The van der Waals surface area contributed by atoms with E-state index in [0.29, 0.717) is 12.8 Å². The Balaban J connectivity index is 2.08. The van der Waals surface area contributed by atoms with E-state index in [1.807, 2.05) is 27.7 Å². The third-order valence-corrected chi connectivity index (χ3v) is 5.32. The third kappa shape index (κ3) is 2.70. The molecular weight excluding hydrogens is 276 g/mol. The fourth-order valence-corrected chi connectivity index (χ4v) is 3.28. The van der Waals surface area contributed by atoms with Crippen molar-refractivity contribution in [3.8, 4) is 0 Å². The van der Waals surface area contributed by atoms with Crippen LogP contribution in [0.25, 0.3) is 0 Å². The van der Waals surface area contributed by atoms with Gasteiger partial charge >= 0.3 is 5.97 Å². The summed E-state index contributed by atoms with van der Waals surface area (Å²) in [7, 11) is 0. The van der Waals surface area contributed by atoms with Crippen LogP contribution in [-0.2, 0) is 15.1 Å². The topological polar surface area (TPSA) is 79.3 Å². The van der Waals surface area contributed by atoms with Crippen LogP contribution in [0.2, 0.25) is 0 Å². The second-order valence-corrected chi connectivity index (χ2v) is 7.11. The van der Waals surface area contributed by atoms with Gasteiger partial charge in [0.1, 0.15) is 5.01 Å². The number of rotatable bonds is 4. The molecular formula is C14H20N2O3S. The summed E-state index contributed by atoms with van der Waals surface area (Å²) in [5.41, 5.74) is 0.402. The number of aryl methyl sites for hydroxylation is 2. The Bertz CT molecular complexity index is 531. The van der Waals surface area contributed by atoms with Crippen LogP contribution >= 0.6 is 11.3 Å². The number of thiazole rings is 1. The van der Waals surface area contributed by atoms with Crippen molar-refractivity contribution < 1.29 is 14.7 Å². The first-order valence-electron chi connectivity index (χ1n) is 6.71. The number of hydrogen-bond donors (Lipinski definition) is 2. The monoisotopic (exact) mass is 296 g/mol. The summed E-state index contributed by atoms with van der Waals surface area (Å²) in [6.07, 6.45) is 1.23. The normalized spacial score (nSPS) is 22.2. The molecule has 0 aromatic carbocycles. The van der Waals surface area contributed by atoms with Crippen molar-refractivity contribution >= 4 is 23.2 Å². The number of carbonyl (C=O) groups is 2. The lowest BCUT2D eigenvalue weighted by Crippen LogP contribution is -2.49. The Hall–Kier alpha value is -1.43. The number of aliphatic carboxylic acids is 1. The van der Waals surface area contributed by atoms with Crippen molar-refractivity contribution in [3.63, 3.8) is 0 Å². The van der Waals surface area contributed by atoms with E-state index in [4.69, 9.17) is 5.11 Å². The average Bonchev–Trinajstić information content (AvgIpc) is 2.56. The summed E-state index contributed by atoms with van der Waals surface area (Å²) in [5, 5.41) is 12.8. The molecule has 6 heteroatoms. The molecule has 2 unspecified atom stereocenters. The maximum atomic E-state index is 12.2. The maximum Gasteiger partial charge on any atom is 0.307 e. The molecule has 20 heavy (non-hydrogen) atoms. The van der Waals surface area contributed by atoms with Gasteiger partial charge in [-0.15, -0.1) is 11.3 Å². The van der Waals surface area contributed by atoms with Gasteiger partial charge in [-0.2, -0.15) is 0 Å². The van der Waals surface area contributed by atoms with Crippen LogP contribution in [0, 0.1) is 25.7 Å². The van der Waals surface area contributed by atoms with Crippen LogP contribution in [0.15, 0.2) is 0 Å². The first kappa shape index (κ1) is 15.0. The van der Waals surface area contributed by atoms with Gasteiger partial charge in [0.15, 0.2) is 0 Å². The predicted octanol–water partition coefficient (Wildman–Crippen LogP) is 2.22. The molecule has 1 fully saturated rings. The maximum absolute atomic E-state index is 12.2. The Morgan fingerprint density at radius 1 is 1.30 bits per heavy atom. The molecule has 1 aromatic heterocycles. The standard InChI is InChI=1S/C14H20N2O3S/c1-7-8(2)20-13(15-7)14(3,4)16-11(17)9-5-6-10(9)12(18)19/h9-10H,5-6H2,1-4H3,(H,16,17)(H,18,19). The van der Waals surface area contributed by atoms with Crippen molar-refractivity contribution in [1.82, 2.24) is 10.3 Å². The van der Waals surface area contributed by atoms with Gasteiger partial charge in [0.05, 0.1) is 23.1 Å². The molecule has 2 rings (SSSR count). The summed E-state index contributed by atoms with van der Waals surface area (Å²) in [6.45, 7) is 7.74. The van der Waals surface area contributed by atoms with Gasteiger partial charge in [-0.1, -0.05) is 0 Å². The van der Waals surface area contributed by atoms with Crippen LogP contribution in [0.5, 0.6) is 0 Å². The number of carboxylic acid groups (broad SMARTS) is 1. The first-order chi connectivity index (χ1) is 9.22. The summed E-state index contributed by atoms with van der Waals surface area (Å²) < 4.78 is 0. The molecule has 1 aliphatic rings. The second-order valence-electron chi connectivity index (χ2n) is 5.90. The van der Waals surface area contributed by atoms with Crippen molar-refractivity contribution in [2.75, 3.05) is 0 Å². The van der Waals surface area contributed by atoms with Crippen LogP contribution in [-0.4, -0.2) is 22.0 Å². The van der Waals surface area contributed by atoms with Gasteiger partial charge in [-0.3, -0.25) is 9.59 Å². The first-order valence-corrected chi connectivity index (χ1v) is 7.53. The van der Waals surface area contributed by atoms with Gasteiger partial charge in [0.2, 0.25) is 5.91 Å². The molecule has 0 saturated heterocycles. The average molecular weight is 296 g/mol. The molecule has 1 saturated carbocycles. The van der Waals surface area contributed by atoms with E-state index >= 15 is 0 Å². The highest BCUT2D eigenvalue weighted by molar-refractivity contribution is 7.11. The number of amides is 1. The minimum atomic E-state index is -0.879. The minimum Gasteiger partial charge on any atom is -0.481 e. The largest absolute Gasteiger partial charge is 0.481 e. The van der Waals surface area contributed by atoms with Crippen molar-refractivity contribution in [2.24, 2.45) is 11.8 Å². The van der Waals surface area contributed by atoms with Gasteiger partial charge in [-0.25, -0.2) is 4.98 Å². The molecule has 2 atom stereocenters. The van der Waals surface area contributed by atoms with Crippen LogP contribution in [0.3, 0.4) is 0 Å². The zero-order valence-corrected chi connectivity index (χ0v) is 13.0. The van der Waals surface area contributed by atoms with Gasteiger partial charge < -0.3 is 10.4 Å². The lowest BCUT2D eigenvalue weighted by atomic mass is 9.73. The Labute approximate surface area is 122 Å². The minimum absolute atomic E-state index is 0.181. The smallest absolute Gasteiger partial charge is 0.307 e. The molecule has 0 bridgehead atoms. The Kier molecular flexibility index (Phi) is 3.86. The lowest BCUT2D eigenvalue weighted by Gasteiger charge is -2.35. The summed E-state index contributed by atoms with van der Waals surface area (Å²) in [4.78, 5) is 28.8. The predicted molar refractivity (Wildman–Crippen MR) is 76.6 cm³/mol. The number of hydrogen-bond acceptors (Lipinski definition) is 4. The number of aromatic nitrogens is 1. The van der Waals surface area contributed by atoms with Crippen molar-refractivity contribution in [1.29, 1.82) is 0 Å². The van der Waals surface area contributed by atoms with Gasteiger partial charge in [-0.05, 0) is 40.5 Å². The lowest BCUT2D eigenvalue weighted by molar-refractivity contribution is -0.153. The van der Waals surface area contributed by atoms with Crippen LogP contribution in [0.1, 0.15) is 42.3 Å². The zero-order valence-electron chi connectivity index (χ0n) is 12.2. The fourth-order valence-electron chi connectivity index (χ4n) is 2.30. The number of carboxylic acids is 1. The van der Waals surface area contributed by atoms with E-state index in [-0.39, 0.29) is 5.91 Å². The highest BCUT2D eigenvalue weighted by Crippen LogP contribution is 2.36. The molecule has 2 N–H and O–H groups in total. The van der Waals surface area contributed by atoms with E-state index < -0.39 is 23.3 Å². The van der Waals surface area contributed by atoms with E-state index in [1.165, 1.54) is 0 Å².